The molecule has 0 saturated carbocycles. The van der Waals surface area contributed by atoms with Crippen molar-refractivity contribution < 1.29 is 22.7 Å². The summed E-state index contributed by atoms with van der Waals surface area (Å²) in [4.78, 5) is 15.6. The predicted octanol–water partition coefficient (Wildman–Crippen LogP) is 3.99. The highest BCUT2D eigenvalue weighted by molar-refractivity contribution is 5.99. The van der Waals surface area contributed by atoms with E-state index in [9.17, 15) is 18.0 Å². The Morgan fingerprint density at radius 2 is 2.05 bits per heavy atom. The van der Waals surface area contributed by atoms with Gasteiger partial charge < -0.3 is 4.74 Å². The van der Waals surface area contributed by atoms with Crippen LogP contribution in [-0.4, -0.2) is 10.8 Å². The van der Waals surface area contributed by atoms with Crippen LogP contribution in [0.2, 0.25) is 0 Å². The van der Waals surface area contributed by atoms with E-state index in [4.69, 9.17) is 10.00 Å². The Balaban J connectivity index is 2.32. The number of ketones is 1. The van der Waals surface area contributed by atoms with Crippen molar-refractivity contribution in [3.8, 4) is 17.7 Å². The van der Waals surface area contributed by atoms with Crippen molar-refractivity contribution in [3.63, 3.8) is 0 Å². The minimum atomic E-state index is -4.50. The number of alkyl halides is 3. The minimum Gasteiger partial charge on any atom is -0.438 e. The third-order valence-electron chi connectivity index (χ3n) is 2.69. The number of carbonyl (C=O) groups excluding carboxylic acids is 1. The zero-order valence-corrected chi connectivity index (χ0v) is 11.1. The zero-order chi connectivity index (χ0) is 16.2. The Kier molecular flexibility index (Phi) is 4.41. The normalized spacial score (nSPS) is 10.8. The van der Waals surface area contributed by atoms with Gasteiger partial charge in [0.1, 0.15) is 5.75 Å². The first-order valence-electron chi connectivity index (χ1n) is 6.12. The lowest BCUT2D eigenvalue weighted by Crippen LogP contribution is -2.05. The van der Waals surface area contributed by atoms with Crippen LogP contribution in [-0.2, 0) is 6.18 Å². The fourth-order valence-corrected chi connectivity index (χ4v) is 1.70. The molecular weight excluding hydrogens is 297 g/mol. The van der Waals surface area contributed by atoms with Crippen molar-refractivity contribution >= 4 is 5.78 Å². The Morgan fingerprint density at radius 3 is 2.73 bits per heavy atom. The lowest BCUT2D eigenvalue weighted by Gasteiger charge is -2.11. The Bertz CT molecular complexity index is 736. The molecule has 0 radical (unpaired) electrons. The summed E-state index contributed by atoms with van der Waals surface area (Å²) in [5, 5.41) is 8.55. The summed E-state index contributed by atoms with van der Waals surface area (Å²) in [6.45, 7) is 0. The Morgan fingerprint density at radius 1 is 1.27 bits per heavy atom. The lowest BCUT2D eigenvalue weighted by molar-refractivity contribution is -0.137. The topological polar surface area (TPSA) is 63.0 Å². The molecule has 0 amide bonds. The van der Waals surface area contributed by atoms with Gasteiger partial charge >= 0.3 is 6.18 Å². The van der Waals surface area contributed by atoms with Crippen LogP contribution in [0.1, 0.15) is 22.3 Å². The monoisotopic (exact) mass is 306 g/mol. The fraction of sp³-hybridized carbons (Fsp3) is 0.133. The first kappa shape index (κ1) is 15.5. The van der Waals surface area contributed by atoms with Crippen LogP contribution < -0.4 is 4.74 Å². The molecule has 0 aliphatic carbocycles. The van der Waals surface area contributed by atoms with E-state index < -0.39 is 17.5 Å². The third-order valence-corrected chi connectivity index (χ3v) is 2.69. The number of hydrogen-bond donors (Lipinski definition) is 0. The number of ether oxygens (including phenoxy) is 1. The highest BCUT2D eigenvalue weighted by Crippen LogP contribution is 2.33. The second kappa shape index (κ2) is 6.26. The van der Waals surface area contributed by atoms with Crippen LogP contribution in [0.3, 0.4) is 0 Å². The summed E-state index contributed by atoms with van der Waals surface area (Å²) in [7, 11) is 0. The van der Waals surface area contributed by atoms with Gasteiger partial charge in [0.25, 0.3) is 0 Å². The number of Topliss-reactive ketones (excluding diaryl/α,β-unsaturated/α-hetero) is 1. The standard InChI is InChI=1S/C15H9F3N2O2/c16-15(17,18)10-3-1-4-11(9-10)22-14-12(5-2-8-20-14)13(21)6-7-19/h1-5,8-9H,6H2. The zero-order valence-electron chi connectivity index (χ0n) is 11.1. The Hall–Kier alpha value is -2.88. The molecule has 0 N–H and O–H groups in total. The molecule has 22 heavy (non-hydrogen) atoms. The molecule has 2 aromatic rings. The van der Waals surface area contributed by atoms with E-state index in [1.54, 1.807) is 6.07 Å². The molecule has 0 atom stereocenters. The molecule has 0 spiro atoms. The van der Waals surface area contributed by atoms with Crippen molar-refractivity contribution in [2.24, 2.45) is 0 Å². The summed E-state index contributed by atoms with van der Waals surface area (Å²) in [6.07, 6.45) is -3.53. The van der Waals surface area contributed by atoms with Crippen LogP contribution in [0.15, 0.2) is 42.6 Å². The molecule has 4 nitrogen and oxygen atoms in total. The van der Waals surface area contributed by atoms with E-state index >= 15 is 0 Å². The van der Waals surface area contributed by atoms with Gasteiger partial charge in [-0.25, -0.2) is 4.98 Å². The summed E-state index contributed by atoms with van der Waals surface area (Å²) >= 11 is 0. The van der Waals surface area contributed by atoms with Crippen molar-refractivity contribution in [2.45, 2.75) is 12.6 Å². The van der Waals surface area contributed by atoms with Crippen LogP contribution in [0, 0.1) is 11.3 Å². The number of nitrogens with zero attached hydrogens (tertiary/aromatic N) is 2. The Labute approximate surface area is 123 Å². The van der Waals surface area contributed by atoms with Crippen molar-refractivity contribution in [1.29, 1.82) is 5.26 Å². The van der Waals surface area contributed by atoms with E-state index in [2.05, 4.69) is 4.98 Å². The second-order valence-corrected chi connectivity index (χ2v) is 4.24. The van der Waals surface area contributed by atoms with E-state index in [0.29, 0.717) is 0 Å². The largest absolute Gasteiger partial charge is 0.438 e. The third kappa shape index (κ3) is 3.61. The average Bonchev–Trinajstić information content (AvgIpc) is 2.47. The smallest absolute Gasteiger partial charge is 0.416 e. The molecule has 0 aliphatic heterocycles. The molecule has 2 rings (SSSR count). The van der Waals surface area contributed by atoms with Crippen LogP contribution in [0.25, 0.3) is 0 Å². The first-order valence-corrected chi connectivity index (χ1v) is 6.12. The molecule has 0 unspecified atom stereocenters. The van der Waals surface area contributed by atoms with Gasteiger partial charge in [-0.15, -0.1) is 0 Å². The van der Waals surface area contributed by atoms with Gasteiger partial charge in [0.15, 0.2) is 5.78 Å². The minimum absolute atomic E-state index is 0.0430. The molecule has 7 heteroatoms. The van der Waals surface area contributed by atoms with E-state index in [1.165, 1.54) is 30.5 Å². The number of benzene rings is 1. The van der Waals surface area contributed by atoms with Gasteiger partial charge in [-0.1, -0.05) is 6.07 Å². The van der Waals surface area contributed by atoms with Gasteiger partial charge in [-0.2, -0.15) is 18.4 Å². The van der Waals surface area contributed by atoms with Gasteiger partial charge in [-0.05, 0) is 30.3 Å². The molecule has 0 fully saturated rings. The number of halogens is 3. The quantitative estimate of drug-likeness (QED) is 0.801. The van der Waals surface area contributed by atoms with E-state index in [1.807, 2.05) is 0 Å². The van der Waals surface area contributed by atoms with Crippen molar-refractivity contribution in [1.82, 2.24) is 4.98 Å². The lowest BCUT2D eigenvalue weighted by atomic mass is 10.1. The number of hydrogen-bond acceptors (Lipinski definition) is 4. The molecular formula is C15H9F3N2O2. The molecule has 0 saturated heterocycles. The maximum Gasteiger partial charge on any atom is 0.416 e. The number of aromatic nitrogens is 1. The summed E-state index contributed by atoms with van der Waals surface area (Å²) in [5.41, 5.74) is -0.827. The van der Waals surface area contributed by atoms with E-state index in [0.717, 1.165) is 12.1 Å². The number of nitriles is 1. The van der Waals surface area contributed by atoms with Gasteiger partial charge in [-0.3, -0.25) is 4.79 Å². The van der Waals surface area contributed by atoms with Crippen LogP contribution >= 0.6 is 0 Å². The van der Waals surface area contributed by atoms with Crippen molar-refractivity contribution in [3.05, 3.63) is 53.7 Å². The second-order valence-electron chi connectivity index (χ2n) is 4.24. The molecule has 1 heterocycles. The van der Waals surface area contributed by atoms with Gasteiger partial charge in [0.05, 0.1) is 23.6 Å². The summed E-state index contributed by atoms with van der Waals surface area (Å²) in [6, 6.07) is 8.82. The SMILES string of the molecule is N#CCC(=O)c1cccnc1Oc1cccc(C(F)(F)F)c1. The van der Waals surface area contributed by atoms with Crippen LogP contribution in [0.4, 0.5) is 13.2 Å². The maximum atomic E-state index is 12.7. The maximum absolute atomic E-state index is 12.7. The van der Waals surface area contributed by atoms with Crippen molar-refractivity contribution in [2.75, 3.05) is 0 Å². The summed E-state index contributed by atoms with van der Waals surface area (Å²) < 4.78 is 43.2. The summed E-state index contributed by atoms with van der Waals surface area (Å²) in [5.74, 6) is -0.751. The first-order chi connectivity index (χ1) is 10.4. The molecule has 0 bridgehead atoms. The van der Waals surface area contributed by atoms with E-state index in [-0.39, 0.29) is 23.6 Å². The molecule has 1 aromatic heterocycles. The number of carbonyl (C=O) groups is 1. The molecule has 0 aliphatic rings. The average molecular weight is 306 g/mol. The number of rotatable bonds is 4. The molecule has 112 valence electrons. The predicted molar refractivity (Wildman–Crippen MR) is 70.3 cm³/mol. The number of pyridine rings is 1. The highest BCUT2D eigenvalue weighted by atomic mass is 19.4. The highest BCUT2D eigenvalue weighted by Gasteiger charge is 2.30. The fourth-order valence-electron chi connectivity index (χ4n) is 1.70. The van der Waals surface area contributed by atoms with Gasteiger partial charge in [0, 0.05) is 6.20 Å². The van der Waals surface area contributed by atoms with Gasteiger partial charge in [0.2, 0.25) is 5.88 Å². The van der Waals surface area contributed by atoms with Crippen LogP contribution in [0.5, 0.6) is 11.6 Å². The molecule has 1 aromatic carbocycles.